The Kier molecular flexibility index (Phi) is 4.54. The summed E-state index contributed by atoms with van der Waals surface area (Å²) in [7, 11) is -4.15. The molecular weight excluding hydrogens is 210 g/mol. The van der Waals surface area contributed by atoms with Crippen molar-refractivity contribution in [1.29, 1.82) is 0 Å². The number of rotatable bonds is 5. The fourth-order valence-electron chi connectivity index (χ4n) is 0.731. The SMILES string of the molecule is CC(C)(N)CS(=O)CCS(C)(=O)=O. The second-order valence-corrected chi connectivity index (χ2v) is 7.74. The van der Waals surface area contributed by atoms with E-state index in [0.717, 1.165) is 6.26 Å². The van der Waals surface area contributed by atoms with E-state index in [9.17, 15) is 12.6 Å². The Morgan fingerprint density at radius 3 is 2.15 bits per heavy atom. The zero-order valence-corrected chi connectivity index (χ0v) is 9.87. The normalized spacial score (nSPS) is 15.7. The zero-order valence-electron chi connectivity index (χ0n) is 8.24. The lowest BCUT2D eigenvalue weighted by molar-refractivity contribution is 0.577. The maximum Gasteiger partial charge on any atom is 0.148 e. The predicted molar refractivity (Wildman–Crippen MR) is 55.9 cm³/mol. The Hall–Kier alpha value is 0.0600. The first-order valence-corrected chi connectivity index (χ1v) is 7.47. The fraction of sp³-hybridized carbons (Fsp3) is 1.00. The molecule has 0 heterocycles. The molecule has 0 fully saturated rings. The monoisotopic (exact) mass is 227 g/mol. The van der Waals surface area contributed by atoms with Gasteiger partial charge in [-0.15, -0.1) is 0 Å². The van der Waals surface area contributed by atoms with Gasteiger partial charge in [0.15, 0.2) is 0 Å². The molecule has 6 heteroatoms. The van der Waals surface area contributed by atoms with Crippen LogP contribution in [-0.4, -0.2) is 41.7 Å². The molecular formula is C7H17NO3S2. The van der Waals surface area contributed by atoms with Crippen LogP contribution in [0.3, 0.4) is 0 Å². The number of hydrogen-bond donors (Lipinski definition) is 1. The first kappa shape index (κ1) is 13.1. The highest BCUT2D eigenvalue weighted by Gasteiger charge is 2.16. The van der Waals surface area contributed by atoms with Crippen molar-refractivity contribution in [2.75, 3.05) is 23.5 Å². The second kappa shape index (κ2) is 4.52. The van der Waals surface area contributed by atoms with Crippen molar-refractivity contribution in [3.8, 4) is 0 Å². The standard InChI is InChI=1S/C7H17NO3S2/c1-7(2,8)6-12(9)4-5-13(3,10)11/h4-6,8H2,1-3H3. The van der Waals surface area contributed by atoms with Gasteiger partial charge in [0.05, 0.1) is 5.75 Å². The molecule has 0 aliphatic heterocycles. The Morgan fingerprint density at radius 2 is 1.85 bits per heavy atom. The van der Waals surface area contributed by atoms with E-state index in [2.05, 4.69) is 0 Å². The topological polar surface area (TPSA) is 77.2 Å². The molecule has 0 spiro atoms. The largest absolute Gasteiger partial charge is 0.325 e. The van der Waals surface area contributed by atoms with Gasteiger partial charge in [-0.25, -0.2) is 8.42 Å². The minimum Gasteiger partial charge on any atom is -0.325 e. The molecule has 0 saturated heterocycles. The van der Waals surface area contributed by atoms with Crippen molar-refractivity contribution >= 4 is 20.6 Å². The molecule has 4 nitrogen and oxygen atoms in total. The smallest absolute Gasteiger partial charge is 0.148 e. The average Bonchev–Trinajstić information content (AvgIpc) is 1.78. The maximum atomic E-state index is 11.3. The van der Waals surface area contributed by atoms with Crippen LogP contribution in [0.4, 0.5) is 0 Å². The van der Waals surface area contributed by atoms with Gasteiger partial charge in [0.25, 0.3) is 0 Å². The van der Waals surface area contributed by atoms with E-state index in [1.165, 1.54) is 0 Å². The van der Waals surface area contributed by atoms with Crippen molar-refractivity contribution in [2.45, 2.75) is 19.4 Å². The van der Waals surface area contributed by atoms with E-state index in [1.54, 1.807) is 13.8 Å². The van der Waals surface area contributed by atoms with Gasteiger partial charge in [-0.3, -0.25) is 4.21 Å². The number of sulfone groups is 1. The van der Waals surface area contributed by atoms with Crippen LogP contribution in [-0.2, 0) is 20.6 Å². The second-order valence-electron chi connectivity index (χ2n) is 3.91. The van der Waals surface area contributed by atoms with Crippen LogP contribution in [0, 0.1) is 0 Å². The summed E-state index contributed by atoms with van der Waals surface area (Å²) in [4.78, 5) is 0. The molecule has 0 aromatic heterocycles. The highest BCUT2D eigenvalue weighted by atomic mass is 32.2. The van der Waals surface area contributed by atoms with Crippen molar-refractivity contribution in [3.05, 3.63) is 0 Å². The van der Waals surface area contributed by atoms with Gasteiger partial charge >= 0.3 is 0 Å². The Bertz CT molecular complexity index is 277. The van der Waals surface area contributed by atoms with E-state index in [4.69, 9.17) is 5.73 Å². The van der Waals surface area contributed by atoms with Gasteiger partial charge in [0.1, 0.15) is 9.84 Å². The molecule has 2 N–H and O–H groups in total. The summed E-state index contributed by atoms with van der Waals surface area (Å²) >= 11 is 0. The molecule has 1 unspecified atom stereocenters. The first-order valence-electron chi connectivity index (χ1n) is 3.92. The third-order valence-corrected chi connectivity index (χ3v) is 4.14. The molecule has 0 amide bonds. The van der Waals surface area contributed by atoms with E-state index < -0.39 is 26.2 Å². The zero-order chi connectivity index (χ0) is 10.7. The molecule has 0 aromatic carbocycles. The quantitative estimate of drug-likeness (QED) is 0.688. The average molecular weight is 227 g/mol. The lowest BCUT2D eigenvalue weighted by Crippen LogP contribution is -2.39. The highest BCUT2D eigenvalue weighted by Crippen LogP contribution is 2.00. The van der Waals surface area contributed by atoms with Gasteiger partial charge in [0, 0.05) is 34.1 Å². The molecule has 0 aliphatic rings. The minimum absolute atomic E-state index is 0.0321. The van der Waals surface area contributed by atoms with Crippen LogP contribution in [0.1, 0.15) is 13.8 Å². The molecule has 13 heavy (non-hydrogen) atoms. The molecule has 0 aromatic rings. The summed E-state index contributed by atoms with van der Waals surface area (Å²) in [6, 6.07) is 0. The van der Waals surface area contributed by atoms with E-state index in [0.29, 0.717) is 5.75 Å². The van der Waals surface area contributed by atoms with Crippen LogP contribution in [0.5, 0.6) is 0 Å². The van der Waals surface area contributed by atoms with Gasteiger partial charge in [0.2, 0.25) is 0 Å². The summed E-state index contributed by atoms with van der Waals surface area (Å²) in [6.07, 6.45) is 1.14. The number of nitrogens with two attached hydrogens (primary N) is 1. The summed E-state index contributed by atoms with van der Waals surface area (Å²) in [5.41, 5.74) is 5.14. The van der Waals surface area contributed by atoms with Crippen LogP contribution in [0.25, 0.3) is 0 Å². The fourth-order valence-corrected chi connectivity index (χ4v) is 3.66. The summed E-state index contributed by atoms with van der Waals surface area (Å²) < 4.78 is 32.7. The Balaban J connectivity index is 3.92. The van der Waals surface area contributed by atoms with Crippen molar-refractivity contribution in [3.63, 3.8) is 0 Å². The van der Waals surface area contributed by atoms with E-state index in [-0.39, 0.29) is 11.5 Å². The van der Waals surface area contributed by atoms with Gasteiger partial charge in [-0.05, 0) is 13.8 Å². The van der Waals surface area contributed by atoms with E-state index >= 15 is 0 Å². The first-order chi connectivity index (χ1) is 5.60. The maximum absolute atomic E-state index is 11.3. The van der Waals surface area contributed by atoms with E-state index in [1.807, 2.05) is 0 Å². The van der Waals surface area contributed by atoms with Crippen molar-refractivity contribution < 1.29 is 12.6 Å². The molecule has 1 atom stereocenters. The predicted octanol–water partition coefficient (Wildman–Crippen LogP) is -0.483. The third-order valence-electron chi connectivity index (χ3n) is 1.21. The molecule has 0 aliphatic carbocycles. The summed E-state index contributed by atoms with van der Waals surface area (Å²) in [6.45, 7) is 3.54. The van der Waals surface area contributed by atoms with Gasteiger partial charge in [-0.2, -0.15) is 0 Å². The Morgan fingerprint density at radius 1 is 1.38 bits per heavy atom. The summed E-state index contributed by atoms with van der Waals surface area (Å²) in [5.74, 6) is 0.484. The molecule has 0 radical (unpaired) electrons. The summed E-state index contributed by atoms with van der Waals surface area (Å²) in [5, 5.41) is 0. The highest BCUT2D eigenvalue weighted by molar-refractivity contribution is 7.92. The van der Waals surface area contributed by atoms with Gasteiger partial charge < -0.3 is 5.73 Å². The molecule has 0 saturated carbocycles. The van der Waals surface area contributed by atoms with Crippen molar-refractivity contribution in [2.24, 2.45) is 5.73 Å². The van der Waals surface area contributed by atoms with Crippen LogP contribution >= 0.6 is 0 Å². The van der Waals surface area contributed by atoms with Gasteiger partial charge in [-0.1, -0.05) is 0 Å². The Labute approximate surface area is 82.3 Å². The van der Waals surface area contributed by atoms with Crippen LogP contribution < -0.4 is 5.73 Å². The molecule has 0 rings (SSSR count). The lowest BCUT2D eigenvalue weighted by atomic mass is 10.1. The minimum atomic E-state index is -3.01. The molecule has 80 valence electrons. The van der Waals surface area contributed by atoms with Crippen molar-refractivity contribution in [1.82, 2.24) is 0 Å². The van der Waals surface area contributed by atoms with Crippen LogP contribution in [0.2, 0.25) is 0 Å². The lowest BCUT2D eigenvalue weighted by Gasteiger charge is -2.17. The molecule has 0 bridgehead atoms. The number of hydrogen-bond acceptors (Lipinski definition) is 4. The third kappa shape index (κ3) is 9.98. The van der Waals surface area contributed by atoms with Crippen LogP contribution in [0.15, 0.2) is 0 Å².